The van der Waals surface area contributed by atoms with Crippen LogP contribution >= 0.6 is 11.6 Å². The molecule has 1 heterocycles. The van der Waals surface area contributed by atoms with Gasteiger partial charge in [0.1, 0.15) is 0 Å². The van der Waals surface area contributed by atoms with E-state index >= 15 is 0 Å². The van der Waals surface area contributed by atoms with Gasteiger partial charge in [-0.1, -0.05) is 41.4 Å². The lowest BCUT2D eigenvalue weighted by molar-refractivity contribution is 0.0938. The van der Waals surface area contributed by atoms with E-state index in [9.17, 15) is 4.79 Å². The molecule has 0 spiro atoms. The second-order valence-corrected chi connectivity index (χ2v) is 6.82. The van der Waals surface area contributed by atoms with Crippen LogP contribution in [0.15, 0.2) is 48.5 Å². The smallest absolute Gasteiger partial charge is 0.251 e. The van der Waals surface area contributed by atoms with E-state index in [0.717, 1.165) is 13.1 Å². The predicted octanol–water partition coefficient (Wildman–Crippen LogP) is 4.22. The van der Waals surface area contributed by atoms with Gasteiger partial charge in [0.2, 0.25) is 0 Å². The second-order valence-electron chi connectivity index (χ2n) is 6.39. The molecule has 1 atom stereocenters. The number of benzene rings is 2. The standard InChI is InChI=1S/C20H23ClN2O/c1-15-4-6-16(7-5-15)19(23-12-2-3-13-23)14-22-20(24)17-8-10-18(21)11-9-17/h4-11,19H,2-3,12-14H2,1H3,(H,22,24)/t19-/m1/s1. The molecule has 2 aromatic carbocycles. The van der Waals surface area contributed by atoms with Gasteiger partial charge >= 0.3 is 0 Å². The van der Waals surface area contributed by atoms with Crippen molar-refractivity contribution in [2.75, 3.05) is 19.6 Å². The second kappa shape index (κ2) is 7.82. The zero-order valence-corrected chi connectivity index (χ0v) is 14.7. The van der Waals surface area contributed by atoms with Crippen LogP contribution in [-0.2, 0) is 0 Å². The van der Waals surface area contributed by atoms with Crippen molar-refractivity contribution in [3.8, 4) is 0 Å². The van der Waals surface area contributed by atoms with Crippen LogP contribution in [0.4, 0.5) is 0 Å². The first kappa shape index (κ1) is 17.0. The fourth-order valence-corrected chi connectivity index (χ4v) is 3.32. The summed E-state index contributed by atoms with van der Waals surface area (Å²) >= 11 is 5.88. The van der Waals surface area contributed by atoms with Gasteiger partial charge < -0.3 is 5.32 Å². The molecule has 1 aliphatic rings. The van der Waals surface area contributed by atoms with Crippen LogP contribution in [0.3, 0.4) is 0 Å². The number of amides is 1. The van der Waals surface area contributed by atoms with Crippen LogP contribution in [0.25, 0.3) is 0 Å². The molecule has 3 rings (SSSR count). The Hall–Kier alpha value is -1.84. The molecule has 1 aliphatic heterocycles. The first-order valence-corrected chi connectivity index (χ1v) is 8.85. The zero-order valence-electron chi connectivity index (χ0n) is 14.0. The highest BCUT2D eigenvalue weighted by Crippen LogP contribution is 2.25. The summed E-state index contributed by atoms with van der Waals surface area (Å²) in [6.07, 6.45) is 2.46. The molecule has 24 heavy (non-hydrogen) atoms. The molecule has 3 nitrogen and oxygen atoms in total. The zero-order chi connectivity index (χ0) is 16.9. The number of likely N-dealkylation sites (tertiary alicyclic amines) is 1. The molecular formula is C20H23ClN2O. The lowest BCUT2D eigenvalue weighted by Gasteiger charge is -2.28. The van der Waals surface area contributed by atoms with Gasteiger partial charge in [0.25, 0.3) is 5.91 Å². The highest BCUT2D eigenvalue weighted by molar-refractivity contribution is 6.30. The van der Waals surface area contributed by atoms with Crippen molar-refractivity contribution >= 4 is 17.5 Å². The Labute approximate surface area is 148 Å². The van der Waals surface area contributed by atoms with Crippen LogP contribution < -0.4 is 5.32 Å². The maximum absolute atomic E-state index is 12.4. The molecular weight excluding hydrogens is 320 g/mol. The minimum absolute atomic E-state index is 0.0528. The first-order valence-electron chi connectivity index (χ1n) is 8.48. The summed E-state index contributed by atoms with van der Waals surface area (Å²) in [5.74, 6) is -0.0528. The van der Waals surface area contributed by atoms with E-state index in [0.29, 0.717) is 17.1 Å². The van der Waals surface area contributed by atoms with Crippen LogP contribution in [0.1, 0.15) is 40.4 Å². The molecule has 0 aromatic heterocycles. The van der Waals surface area contributed by atoms with Crippen LogP contribution in [-0.4, -0.2) is 30.4 Å². The molecule has 0 bridgehead atoms. The lowest BCUT2D eigenvalue weighted by atomic mass is 10.0. The van der Waals surface area contributed by atoms with Gasteiger partial charge in [-0.25, -0.2) is 0 Å². The summed E-state index contributed by atoms with van der Waals surface area (Å²) in [6, 6.07) is 15.9. The van der Waals surface area contributed by atoms with E-state index in [-0.39, 0.29) is 11.9 Å². The third kappa shape index (κ3) is 4.16. The van der Waals surface area contributed by atoms with Gasteiger partial charge in [0, 0.05) is 17.1 Å². The molecule has 0 radical (unpaired) electrons. The molecule has 1 fully saturated rings. The number of halogens is 1. The Balaban J connectivity index is 1.70. The SMILES string of the molecule is Cc1ccc([C@@H](CNC(=O)c2ccc(Cl)cc2)N2CCCC2)cc1. The Morgan fingerprint density at radius 2 is 1.71 bits per heavy atom. The molecule has 1 amide bonds. The minimum atomic E-state index is -0.0528. The maximum atomic E-state index is 12.4. The van der Waals surface area contributed by atoms with Gasteiger partial charge in [-0.3, -0.25) is 9.69 Å². The molecule has 126 valence electrons. The van der Waals surface area contributed by atoms with E-state index in [1.54, 1.807) is 24.3 Å². The fourth-order valence-electron chi connectivity index (χ4n) is 3.19. The Morgan fingerprint density at radius 1 is 1.08 bits per heavy atom. The Kier molecular flexibility index (Phi) is 5.54. The molecule has 2 aromatic rings. The summed E-state index contributed by atoms with van der Waals surface area (Å²) < 4.78 is 0. The monoisotopic (exact) mass is 342 g/mol. The largest absolute Gasteiger partial charge is 0.350 e. The highest BCUT2D eigenvalue weighted by Gasteiger charge is 2.24. The minimum Gasteiger partial charge on any atom is -0.350 e. The third-order valence-electron chi connectivity index (χ3n) is 4.61. The van der Waals surface area contributed by atoms with E-state index in [4.69, 9.17) is 11.6 Å². The van der Waals surface area contributed by atoms with E-state index in [1.807, 2.05) is 0 Å². The van der Waals surface area contributed by atoms with Crippen molar-refractivity contribution in [3.05, 3.63) is 70.2 Å². The van der Waals surface area contributed by atoms with E-state index in [2.05, 4.69) is 41.4 Å². The van der Waals surface area contributed by atoms with E-state index < -0.39 is 0 Å². The molecule has 1 N–H and O–H groups in total. The fraction of sp³-hybridized carbons (Fsp3) is 0.350. The number of nitrogens with zero attached hydrogens (tertiary/aromatic N) is 1. The third-order valence-corrected chi connectivity index (χ3v) is 4.86. The van der Waals surface area contributed by atoms with Crippen molar-refractivity contribution in [1.82, 2.24) is 10.2 Å². The molecule has 1 saturated heterocycles. The van der Waals surface area contributed by atoms with Crippen molar-refractivity contribution in [2.24, 2.45) is 0 Å². The van der Waals surface area contributed by atoms with Crippen molar-refractivity contribution in [3.63, 3.8) is 0 Å². The number of hydrogen-bond donors (Lipinski definition) is 1. The quantitative estimate of drug-likeness (QED) is 0.882. The number of carbonyl (C=O) groups excluding carboxylic acids is 1. The van der Waals surface area contributed by atoms with Crippen LogP contribution in [0.2, 0.25) is 5.02 Å². The van der Waals surface area contributed by atoms with Gasteiger partial charge in [0.15, 0.2) is 0 Å². The average molecular weight is 343 g/mol. The molecule has 0 unspecified atom stereocenters. The topological polar surface area (TPSA) is 32.3 Å². The van der Waals surface area contributed by atoms with Crippen molar-refractivity contribution in [2.45, 2.75) is 25.8 Å². The number of carbonyl (C=O) groups is 1. The van der Waals surface area contributed by atoms with Gasteiger partial charge in [-0.05, 0) is 62.7 Å². The normalized spacial score (nSPS) is 16.1. The van der Waals surface area contributed by atoms with Crippen LogP contribution in [0, 0.1) is 6.92 Å². The van der Waals surface area contributed by atoms with Gasteiger partial charge in [-0.15, -0.1) is 0 Å². The summed E-state index contributed by atoms with van der Waals surface area (Å²) in [5.41, 5.74) is 3.16. The maximum Gasteiger partial charge on any atom is 0.251 e. The summed E-state index contributed by atoms with van der Waals surface area (Å²) in [6.45, 7) is 4.90. The number of aryl methyl sites for hydroxylation is 1. The van der Waals surface area contributed by atoms with Gasteiger partial charge in [0.05, 0.1) is 6.04 Å². The summed E-state index contributed by atoms with van der Waals surface area (Å²) in [7, 11) is 0. The predicted molar refractivity (Wildman–Crippen MR) is 98.5 cm³/mol. The first-order chi connectivity index (χ1) is 11.6. The van der Waals surface area contributed by atoms with Crippen molar-refractivity contribution in [1.29, 1.82) is 0 Å². The van der Waals surface area contributed by atoms with Crippen LogP contribution in [0.5, 0.6) is 0 Å². The number of rotatable bonds is 5. The molecule has 4 heteroatoms. The molecule has 0 aliphatic carbocycles. The lowest BCUT2D eigenvalue weighted by Crippen LogP contribution is -2.36. The molecule has 0 saturated carbocycles. The Morgan fingerprint density at radius 3 is 2.33 bits per heavy atom. The van der Waals surface area contributed by atoms with Gasteiger partial charge in [-0.2, -0.15) is 0 Å². The number of nitrogens with one attached hydrogen (secondary N) is 1. The van der Waals surface area contributed by atoms with Crippen molar-refractivity contribution < 1.29 is 4.79 Å². The average Bonchev–Trinajstić information content (AvgIpc) is 3.11. The van der Waals surface area contributed by atoms with E-state index in [1.165, 1.54) is 24.0 Å². The Bertz CT molecular complexity index is 676. The highest BCUT2D eigenvalue weighted by atomic mass is 35.5. The number of hydrogen-bond acceptors (Lipinski definition) is 2. The summed E-state index contributed by atoms with van der Waals surface area (Å²) in [5, 5.41) is 3.72. The summed E-state index contributed by atoms with van der Waals surface area (Å²) in [4.78, 5) is 14.9.